The second-order valence-electron chi connectivity index (χ2n) is 5.14. The van der Waals surface area contributed by atoms with Gasteiger partial charge in [-0.2, -0.15) is 0 Å². The van der Waals surface area contributed by atoms with Gasteiger partial charge in [-0.05, 0) is 35.9 Å². The first-order valence-corrected chi connectivity index (χ1v) is 7.08. The predicted octanol–water partition coefficient (Wildman–Crippen LogP) is 2.23. The van der Waals surface area contributed by atoms with Gasteiger partial charge in [-0.15, -0.1) is 0 Å². The first kappa shape index (κ1) is 17.0. The van der Waals surface area contributed by atoms with Gasteiger partial charge in [0.15, 0.2) is 0 Å². The van der Waals surface area contributed by atoms with Crippen LogP contribution in [0, 0.1) is 0 Å². The zero-order valence-electron chi connectivity index (χ0n) is 12.9. The van der Waals surface area contributed by atoms with Crippen molar-refractivity contribution < 1.29 is 24.6 Å². The molecule has 24 heavy (non-hydrogen) atoms. The molecule has 0 radical (unpaired) electrons. The van der Waals surface area contributed by atoms with Gasteiger partial charge in [-0.3, -0.25) is 9.59 Å². The van der Waals surface area contributed by atoms with E-state index < -0.39 is 5.97 Å². The van der Waals surface area contributed by atoms with Crippen molar-refractivity contribution in [1.82, 2.24) is 0 Å². The number of carboxylic acid groups (broad SMARTS) is 1. The Hall–Kier alpha value is -3.35. The molecule has 0 aliphatic rings. The number of amides is 2. The third kappa shape index (κ3) is 4.57. The molecule has 2 amide bonds. The second kappa shape index (κ2) is 7.28. The number of hydrogen-bond donors (Lipinski definition) is 4. The first-order chi connectivity index (χ1) is 11.3. The topological polar surface area (TPSA) is 116 Å². The van der Waals surface area contributed by atoms with Gasteiger partial charge >= 0.3 is 5.97 Å². The molecule has 0 heterocycles. The molecular weight excluding hydrogens is 312 g/mol. The van der Waals surface area contributed by atoms with Crippen LogP contribution in [0.5, 0.6) is 5.75 Å². The molecule has 7 heteroatoms. The number of carbonyl (C=O) groups is 3. The van der Waals surface area contributed by atoms with E-state index in [0.29, 0.717) is 5.69 Å². The van der Waals surface area contributed by atoms with Crippen LogP contribution >= 0.6 is 0 Å². The van der Waals surface area contributed by atoms with Crippen LogP contribution in [0.4, 0.5) is 11.4 Å². The van der Waals surface area contributed by atoms with Crippen LogP contribution in [0.25, 0.3) is 0 Å². The van der Waals surface area contributed by atoms with Gasteiger partial charge < -0.3 is 20.8 Å². The van der Waals surface area contributed by atoms with Crippen molar-refractivity contribution in [1.29, 1.82) is 0 Å². The number of carboxylic acids is 1. The first-order valence-electron chi connectivity index (χ1n) is 7.08. The van der Waals surface area contributed by atoms with Crippen LogP contribution in [0.2, 0.25) is 0 Å². The van der Waals surface area contributed by atoms with E-state index in [4.69, 9.17) is 5.11 Å². The summed E-state index contributed by atoms with van der Waals surface area (Å²) in [5, 5.41) is 23.6. The number of aromatic carboxylic acids is 1. The zero-order chi connectivity index (χ0) is 17.7. The van der Waals surface area contributed by atoms with E-state index in [1.54, 1.807) is 24.3 Å². The molecule has 0 atom stereocenters. The minimum absolute atomic E-state index is 0.0869. The third-order valence-corrected chi connectivity index (χ3v) is 3.15. The Morgan fingerprint density at radius 1 is 0.958 bits per heavy atom. The second-order valence-corrected chi connectivity index (χ2v) is 5.14. The largest absolute Gasteiger partial charge is 0.507 e. The fourth-order valence-corrected chi connectivity index (χ4v) is 2.08. The average molecular weight is 328 g/mol. The molecule has 2 aromatic rings. The molecule has 0 bridgehead atoms. The molecule has 0 aromatic heterocycles. The molecule has 7 nitrogen and oxygen atoms in total. The minimum Gasteiger partial charge on any atom is -0.507 e. The van der Waals surface area contributed by atoms with Gasteiger partial charge in [0.25, 0.3) is 0 Å². The highest BCUT2D eigenvalue weighted by atomic mass is 16.4. The highest BCUT2D eigenvalue weighted by molar-refractivity contribution is 5.96. The number of anilines is 2. The Morgan fingerprint density at radius 2 is 1.58 bits per heavy atom. The molecule has 0 aliphatic heterocycles. The number of carbonyl (C=O) groups excluding carboxylic acids is 2. The normalized spacial score (nSPS) is 10.0. The molecule has 0 unspecified atom stereocenters. The summed E-state index contributed by atoms with van der Waals surface area (Å²) < 4.78 is 0. The fraction of sp³-hybridized carbons (Fsp3) is 0.118. The van der Waals surface area contributed by atoms with E-state index in [9.17, 15) is 19.5 Å². The van der Waals surface area contributed by atoms with Crippen molar-refractivity contribution >= 4 is 29.2 Å². The fourth-order valence-electron chi connectivity index (χ4n) is 2.08. The summed E-state index contributed by atoms with van der Waals surface area (Å²) in [6, 6.07) is 10.6. The monoisotopic (exact) mass is 328 g/mol. The van der Waals surface area contributed by atoms with Crippen LogP contribution in [0.15, 0.2) is 42.5 Å². The van der Waals surface area contributed by atoms with Crippen molar-refractivity contribution in [3.63, 3.8) is 0 Å². The summed E-state index contributed by atoms with van der Waals surface area (Å²) in [5.74, 6) is -2.16. The Bertz CT molecular complexity index is 784. The van der Waals surface area contributed by atoms with Crippen molar-refractivity contribution in [2.75, 3.05) is 10.6 Å². The third-order valence-electron chi connectivity index (χ3n) is 3.15. The van der Waals surface area contributed by atoms with E-state index in [2.05, 4.69) is 10.6 Å². The maximum Gasteiger partial charge on any atom is 0.339 e. The molecule has 0 spiro atoms. The highest BCUT2D eigenvalue weighted by Crippen LogP contribution is 2.21. The smallest absolute Gasteiger partial charge is 0.339 e. The van der Waals surface area contributed by atoms with Crippen molar-refractivity contribution in [2.24, 2.45) is 0 Å². The van der Waals surface area contributed by atoms with E-state index in [-0.39, 0.29) is 35.2 Å². The molecule has 0 aliphatic carbocycles. The Balaban J connectivity index is 2.02. The number of rotatable bonds is 5. The van der Waals surface area contributed by atoms with Gasteiger partial charge in [-0.1, -0.05) is 12.1 Å². The van der Waals surface area contributed by atoms with Crippen molar-refractivity contribution in [3.05, 3.63) is 53.6 Å². The number of benzene rings is 2. The van der Waals surface area contributed by atoms with E-state index in [1.807, 2.05) is 0 Å². The van der Waals surface area contributed by atoms with Gasteiger partial charge in [0, 0.05) is 18.3 Å². The zero-order valence-corrected chi connectivity index (χ0v) is 12.9. The SMILES string of the molecule is CC(=O)Nc1ccc(CC(=O)Nc2ccc(O)c(C(=O)O)c2)cc1. The molecular formula is C17H16N2O5. The summed E-state index contributed by atoms with van der Waals surface area (Å²) in [7, 11) is 0. The van der Waals surface area contributed by atoms with Crippen LogP contribution in [0.1, 0.15) is 22.8 Å². The van der Waals surface area contributed by atoms with Crippen molar-refractivity contribution in [3.8, 4) is 5.75 Å². The van der Waals surface area contributed by atoms with Crippen LogP contribution in [0.3, 0.4) is 0 Å². The number of nitrogens with one attached hydrogen (secondary N) is 2. The molecule has 124 valence electrons. The summed E-state index contributed by atoms with van der Waals surface area (Å²) in [4.78, 5) is 33.9. The lowest BCUT2D eigenvalue weighted by Gasteiger charge is -2.08. The standard InChI is InChI=1S/C17H16N2O5/c1-10(20)18-12-4-2-11(3-5-12)8-16(22)19-13-6-7-15(21)14(9-13)17(23)24/h2-7,9,21H,8H2,1H3,(H,18,20)(H,19,22)(H,23,24). The van der Waals surface area contributed by atoms with Crippen molar-refractivity contribution in [2.45, 2.75) is 13.3 Å². The summed E-state index contributed by atoms with van der Waals surface area (Å²) in [5.41, 5.74) is 1.37. The predicted molar refractivity (Wildman–Crippen MR) is 88.1 cm³/mol. The Morgan fingerprint density at radius 3 is 2.17 bits per heavy atom. The number of phenols is 1. The van der Waals surface area contributed by atoms with Crippen LogP contribution in [-0.4, -0.2) is 28.0 Å². The quantitative estimate of drug-likeness (QED) is 0.628. The Kier molecular flexibility index (Phi) is 5.16. The summed E-state index contributed by atoms with van der Waals surface area (Å²) in [6.07, 6.45) is 0.0869. The molecule has 0 saturated heterocycles. The van der Waals surface area contributed by atoms with Crippen LogP contribution in [-0.2, 0) is 16.0 Å². The maximum absolute atomic E-state index is 12.0. The lowest BCUT2D eigenvalue weighted by Crippen LogP contribution is -2.15. The summed E-state index contributed by atoms with van der Waals surface area (Å²) in [6.45, 7) is 1.41. The van der Waals surface area contributed by atoms with Gasteiger partial charge in [0.2, 0.25) is 11.8 Å². The maximum atomic E-state index is 12.0. The lowest BCUT2D eigenvalue weighted by molar-refractivity contribution is -0.116. The molecule has 0 fully saturated rings. The van der Waals surface area contributed by atoms with E-state index >= 15 is 0 Å². The highest BCUT2D eigenvalue weighted by Gasteiger charge is 2.12. The lowest BCUT2D eigenvalue weighted by atomic mass is 10.1. The number of aromatic hydroxyl groups is 1. The summed E-state index contributed by atoms with van der Waals surface area (Å²) >= 11 is 0. The van der Waals surface area contributed by atoms with E-state index in [1.165, 1.54) is 25.1 Å². The Labute approximate surface area is 137 Å². The molecule has 2 rings (SSSR count). The molecule has 0 saturated carbocycles. The average Bonchev–Trinajstić information content (AvgIpc) is 2.50. The molecule has 4 N–H and O–H groups in total. The minimum atomic E-state index is -1.28. The van der Waals surface area contributed by atoms with E-state index in [0.717, 1.165) is 5.56 Å². The van der Waals surface area contributed by atoms with Gasteiger partial charge in [0.1, 0.15) is 11.3 Å². The molecule has 2 aromatic carbocycles. The van der Waals surface area contributed by atoms with Crippen LogP contribution < -0.4 is 10.6 Å². The number of hydrogen-bond acceptors (Lipinski definition) is 4. The van der Waals surface area contributed by atoms with Gasteiger partial charge in [0.05, 0.1) is 6.42 Å². The van der Waals surface area contributed by atoms with Gasteiger partial charge in [-0.25, -0.2) is 4.79 Å².